The summed E-state index contributed by atoms with van der Waals surface area (Å²) in [5.41, 5.74) is 2.53. The van der Waals surface area contributed by atoms with Crippen molar-refractivity contribution in [2.75, 3.05) is 0 Å². The summed E-state index contributed by atoms with van der Waals surface area (Å²) in [4.78, 5) is -0.934. The number of fused-ring (bicyclic) bond motifs is 3. The van der Waals surface area contributed by atoms with Gasteiger partial charge in [-0.3, -0.25) is 0 Å². The van der Waals surface area contributed by atoms with Gasteiger partial charge in [-0.1, -0.05) is 43.0 Å². The van der Waals surface area contributed by atoms with Crippen molar-refractivity contribution in [1.29, 1.82) is 0 Å². The number of rotatable bonds is 1. The lowest BCUT2D eigenvalue weighted by Crippen LogP contribution is -2.52. The van der Waals surface area contributed by atoms with Crippen LogP contribution >= 0.6 is 12.6 Å². The lowest BCUT2D eigenvalue weighted by atomic mass is 10.0. The van der Waals surface area contributed by atoms with Crippen LogP contribution in [-0.2, 0) is 4.87 Å². The molecule has 0 radical (unpaired) electrons. The minimum Gasteiger partial charge on any atom is -0.207 e. The second-order valence-electron chi connectivity index (χ2n) is 5.31. The van der Waals surface area contributed by atoms with E-state index in [0.717, 1.165) is 17.2 Å². The Hall–Kier alpha value is -2.20. The number of nitrogens with zero attached hydrogens (tertiary/aromatic N) is 1. The Kier molecular flexibility index (Phi) is 2.84. The van der Waals surface area contributed by atoms with Crippen molar-refractivity contribution in [3.8, 4) is 11.1 Å². The highest BCUT2D eigenvalue weighted by atomic mass is 32.1. The molecule has 1 heterocycles. The summed E-state index contributed by atoms with van der Waals surface area (Å²) < 4.78 is 30.1. The van der Waals surface area contributed by atoms with E-state index in [0.29, 0.717) is 11.1 Å². The Labute approximate surface area is 132 Å². The predicted octanol–water partition coefficient (Wildman–Crippen LogP) is 3.91. The fourth-order valence-corrected chi connectivity index (χ4v) is 3.67. The smallest absolute Gasteiger partial charge is 0.207 e. The quantitative estimate of drug-likeness (QED) is 0.513. The van der Waals surface area contributed by atoms with Gasteiger partial charge in [0, 0.05) is 29.3 Å². The summed E-state index contributed by atoms with van der Waals surface area (Å²) in [5, 5.41) is 0. The van der Waals surface area contributed by atoms with Gasteiger partial charge < -0.3 is 0 Å². The van der Waals surface area contributed by atoms with E-state index in [1.165, 1.54) is 6.07 Å². The van der Waals surface area contributed by atoms with Crippen LogP contribution < -0.4 is 4.57 Å². The van der Waals surface area contributed by atoms with Crippen LogP contribution in [0.3, 0.4) is 0 Å². The van der Waals surface area contributed by atoms with Crippen molar-refractivity contribution in [2.24, 2.45) is 0 Å². The van der Waals surface area contributed by atoms with Crippen molar-refractivity contribution < 1.29 is 13.3 Å². The lowest BCUT2D eigenvalue weighted by Gasteiger charge is -2.20. The van der Waals surface area contributed by atoms with Gasteiger partial charge in [0.2, 0.25) is 0 Å². The van der Waals surface area contributed by atoms with Crippen molar-refractivity contribution in [3.63, 3.8) is 0 Å². The van der Waals surface area contributed by atoms with Crippen LogP contribution in [0, 0.1) is 11.6 Å². The third-order valence-corrected chi connectivity index (χ3v) is 4.80. The van der Waals surface area contributed by atoms with E-state index in [1.54, 1.807) is 0 Å². The third kappa shape index (κ3) is 1.67. The van der Waals surface area contributed by atoms with E-state index in [9.17, 15) is 8.78 Å². The Bertz CT molecular complexity index is 880. The highest BCUT2D eigenvalue weighted by molar-refractivity contribution is 7.81. The molecule has 3 aromatic rings. The third-order valence-electron chi connectivity index (χ3n) is 4.09. The largest absolute Gasteiger partial charge is 0.263 e. The first-order chi connectivity index (χ1) is 10.6. The zero-order valence-electron chi connectivity index (χ0n) is 11.5. The number of pyridine rings is 1. The molecule has 1 atom stereocenters. The van der Waals surface area contributed by atoms with Crippen LogP contribution in [-0.4, -0.2) is 0 Å². The molecule has 1 aliphatic rings. The van der Waals surface area contributed by atoms with Crippen LogP contribution in [0.5, 0.6) is 0 Å². The average molecular weight is 312 g/mol. The fourth-order valence-electron chi connectivity index (χ4n) is 3.17. The van der Waals surface area contributed by atoms with Crippen molar-refractivity contribution in [3.05, 3.63) is 89.8 Å². The van der Waals surface area contributed by atoms with Gasteiger partial charge >= 0.3 is 0 Å². The summed E-state index contributed by atoms with van der Waals surface area (Å²) in [6.07, 6.45) is 3.70. The van der Waals surface area contributed by atoms with Gasteiger partial charge in [-0.15, -0.1) is 0 Å². The number of thiol groups is 1. The molecule has 1 nitrogen and oxygen atoms in total. The highest BCUT2D eigenvalue weighted by Gasteiger charge is 2.49. The topological polar surface area (TPSA) is 3.88 Å². The Balaban J connectivity index is 2.14. The predicted molar refractivity (Wildman–Crippen MR) is 83.6 cm³/mol. The van der Waals surface area contributed by atoms with Gasteiger partial charge in [0.15, 0.2) is 12.4 Å². The Morgan fingerprint density at radius 1 is 0.864 bits per heavy atom. The number of halogens is 2. The summed E-state index contributed by atoms with van der Waals surface area (Å²) in [5.74, 6) is -1.16. The van der Waals surface area contributed by atoms with Crippen molar-refractivity contribution in [2.45, 2.75) is 4.87 Å². The molecule has 4 heteroatoms. The molecule has 0 saturated carbocycles. The van der Waals surface area contributed by atoms with E-state index >= 15 is 0 Å². The average Bonchev–Trinajstić information content (AvgIpc) is 2.79. The van der Waals surface area contributed by atoms with Crippen LogP contribution in [0.25, 0.3) is 11.1 Å². The van der Waals surface area contributed by atoms with E-state index in [1.807, 2.05) is 59.4 Å². The van der Waals surface area contributed by atoms with Gasteiger partial charge in [0.25, 0.3) is 4.87 Å². The minimum absolute atomic E-state index is 0.420. The molecule has 0 saturated heterocycles. The van der Waals surface area contributed by atoms with Crippen LogP contribution in [0.1, 0.15) is 11.1 Å². The number of hydrogen-bond donors (Lipinski definition) is 1. The molecule has 0 bridgehead atoms. The molecular formula is C18H12F2NS+. The Morgan fingerprint density at radius 3 is 2.36 bits per heavy atom. The first-order valence-corrected chi connectivity index (χ1v) is 7.35. The van der Waals surface area contributed by atoms with Crippen LogP contribution in [0.4, 0.5) is 8.78 Å². The molecule has 4 rings (SSSR count). The van der Waals surface area contributed by atoms with E-state index in [-0.39, 0.29) is 0 Å². The summed E-state index contributed by atoms with van der Waals surface area (Å²) in [6.45, 7) is 0. The standard InChI is InChI=1S/C18H11F2NS/c19-12-10-15-17(16(20)11-12)13-6-2-3-7-14(13)18(15,22)21-8-4-1-5-9-21/h1-11H/p+1. The molecular weight excluding hydrogens is 300 g/mol. The maximum Gasteiger partial charge on any atom is 0.263 e. The molecule has 2 aromatic carbocycles. The van der Waals surface area contributed by atoms with Gasteiger partial charge in [-0.05, 0) is 11.6 Å². The monoisotopic (exact) mass is 312 g/mol. The van der Waals surface area contributed by atoms with E-state index in [2.05, 4.69) is 0 Å². The fraction of sp³-hybridized carbons (Fsp3) is 0.0556. The molecule has 1 unspecified atom stereocenters. The lowest BCUT2D eigenvalue weighted by molar-refractivity contribution is -0.717. The molecule has 108 valence electrons. The molecule has 0 spiro atoms. The van der Waals surface area contributed by atoms with Gasteiger partial charge in [-0.2, -0.15) is 4.57 Å². The van der Waals surface area contributed by atoms with Crippen LogP contribution in [0.15, 0.2) is 67.0 Å². The zero-order valence-corrected chi connectivity index (χ0v) is 12.4. The molecule has 0 fully saturated rings. The van der Waals surface area contributed by atoms with Gasteiger partial charge in [-0.25, -0.2) is 8.78 Å². The molecule has 0 amide bonds. The summed E-state index contributed by atoms with van der Waals surface area (Å²) in [6, 6.07) is 15.4. The maximum atomic E-state index is 14.4. The number of benzene rings is 2. The molecule has 1 aromatic heterocycles. The second-order valence-corrected chi connectivity index (χ2v) is 5.96. The van der Waals surface area contributed by atoms with Crippen molar-refractivity contribution >= 4 is 12.6 Å². The molecule has 0 N–H and O–H groups in total. The Morgan fingerprint density at radius 2 is 1.59 bits per heavy atom. The normalized spacial score (nSPS) is 18.9. The minimum atomic E-state index is -0.934. The maximum absolute atomic E-state index is 14.4. The van der Waals surface area contributed by atoms with Gasteiger partial charge in [0.05, 0.1) is 5.56 Å². The van der Waals surface area contributed by atoms with Gasteiger partial charge in [0.1, 0.15) is 11.6 Å². The van der Waals surface area contributed by atoms with Crippen LogP contribution in [0.2, 0.25) is 0 Å². The second kappa shape index (κ2) is 4.65. The first kappa shape index (κ1) is 13.5. The number of hydrogen-bond acceptors (Lipinski definition) is 1. The SMILES string of the molecule is Fc1cc(F)c2c(c1)C(S)([n+]1ccccc1)c1ccccc1-2. The summed E-state index contributed by atoms with van der Waals surface area (Å²) in [7, 11) is 0. The zero-order chi connectivity index (χ0) is 15.3. The number of aromatic nitrogens is 1. The van der Waals surface area contributed by atoms with E-state index in [4.69, 9.17) is 12.6 Å². The van der Waals surface area contributed by atoms with Crippen molar-refractivity contribution in [1.82, 2.24) is 0 Å². The van der Waals surface area contributed by atoms with E-state index < -0.39 is 16.5 Å². The summed E-state index contributed by atoms with van der Waals surface area (Å²) >= 11 is 4.85. The molecule has 1 aliphatic carbocycles. The molecule has 0 aliphatic heterocycles. The highest BCUT2D eigenvalue weighted by Crippen LogP contribution is 2.50. The first-order valence-electron chi connectivity index (χ1n) is 6.91. The molecule has 22 heavy (non-hydrogen) atoms.